The third-order valence-electron chi connectivity index (χ3n) is 1.96. The second kappa shape index (κ2) is 3.31. The Morgan fingerprint density at radius 2 is 2.31 bits per heavy atom. The molecular weight excluding hydrogens is 251 g/mol. The third-order valence-corrected chi connectivity index (χ3v) is 3.22. The molecular formula is C9H8BrClN2. The van der Waals surface area contributed by atoms with Crippen molar-refractivity contribution in [2.45, 2.75) is 12.8 Å². The third kappa shape index (κ3) is 1.46. The van der Waals surface area contributed by atoms with Gasteiger partial charge in [-0.15, -0.1) is 11.6 Å². The van der Waals surface area contributed by atoms with E-state index in [0.29, 0.717) is 5.88 Å². The Morgan fingerprint density at radius 3 is 3.00 bits per heavy atom. The second-order valence-corrected chi connectivity index (χ2v) is 3.97. The number of aromatic nitrogens is 2. The quantitative estimate of drug-likeness (QED) is 0.782. The van der Waals surface area contributed by atoms with Crippen LogP contribution in [0.3, 0.4) is 0 Å². The van der Waals surface area contributed by atoms with Gasteiger partial charge in [-0.3, -0.25) is 0 Å². The number of nitrogens with one attached hydrogen (secondary N) is 1. The number of rotatable bonds is 1. The summed E-state index contributed by atoms with van der Waals surface area (Å²) < 4.78 is 1.04. The number of H-pyrrole nitrogens is 1. The average Bonchev–Trinajstić information content (AvgIpc) is 2.55. The molecule has 68 valence electrons. The molecule has 1 heterocycles. The summed E-state index contributed by atoms with van der Waals surface area (Å²) in [6.07, 6.45) is 0. The number of hydrogen-bond donors (Lipinski definition) is 1. The van der Waals surface area contributed by atoms with Gasteiger partial charge in [-0.2, -0.15) is 0 Å². The largest absolute Gasteiger partial charge is 0.341 e. The zero-order valence-electron chi connectivity index (χ0n) is 7.06. The fourth-order valence-corrected chi connectivity index (χ4v) is 1.82. The number of hydrogen-bond acceptors (Lipinski definition) is 1. The minimum Gasteiger partial charge on any atom is -0.341 e. The summed E-state index contributed by atoms with van der Waals surface area (Å²) in [5.41, 5.74) is 3.16. The lowest BCUT2D eigenvalue weighted by atomic mass is 10.2. The van der Waals surface area contributed by atoms with E-state index in [-0.39, 0.29) is 0 Å². The van der Waals surface area contributed by atoms with Crippen LogP contribution in [0.25, 0.3) is 11.0 Å². The highest BCUT2D eigenvalue weighted by molar-refractivity contribution is 9.10. The van der Waals surface area contributed by atoms with Gasteiger partial charge in [0.15, 0.2) is 0 Å². The van der Waals surface area contributed by atoms with Crippen LogP contribution >= 0.6 is 27.5 Å². The van der Waals surface area contributed by atoms with Crippen molar-refractivity contribution in [1.82, 2.24) is 9.97 Å². The molecule has 0 radical (unpaired) electrons. The van der Waals surface area contributed by atoms with Gasteiger partial charge in [0.2, 0.25) is 0 Å². The summed E-state index contributed by atoms with van der Waals surface area (Å²) in [5, 5.41) is 0. The highest BCUT2D eigenvalue weighted by Gasteiger charge is 2.06. The van der Waals surface area contributed by atoms with Crippen LogP contribution in [0.2, 0.25) is 0 Å². The van der Waals surface area contributed by atoms with E-state index in [1.54, 1.807) is 0 Å². The van der Waals surface area contributed by atoms with E-state index in [4.69, 9.17) is 11.6 Å². The molecule has 13 heavy (non-hydrogen) atoms. The lowest BCUT2D eigenvalue weighted by molar-refractivity contribution is 1.13. The molecule has 1 aromatic heterocycles. The molecule has 0 saturated heterocycles. The first kappa shape index (κ1) is 9.03. The minimum atomic E-state index is 0.417. The van der Waals surface area contributed by atoms with Gasteiger partial charge < -0.3 is 4.98 Å². The second-order valence-electron chi connectivity index (χ2n) is 2.91. The molecule has 0 saturated carbocycles. The van der Waals surface area contributed by atoms with Crippen LogP contribution < -0.4 is 0 Å². The van der Waals surface area contributed by atoms with Gasteiger partial charge in [-0.05, 0) is 34.5 Å². The summed E-state index contributed by atoms with van der Waals surface area (Å²) >= 11 is 9.18. The van der Waals surface area contributed by atoms with Crippen LogP contribution in [0.15, 0.2) is 16.6 Å². The molecule has 0 aliphatic carbocycles. The van der Waals surface area contributed by atoms with E-state index < -0.39 is 0 Å². The summed E-state index contributed by atoms with van der Waals surface area (Å²) in [4.78, 5) is 7.50. The topological polar surface area (TPSA) is 28.7 Å². The van der Waals surface area contributed by atoms with E-state index in [9.17, 15) is 0 Å². The van der Waals surface area contributed by atoms with Crippen molar-refractivity contribution in [3.63, 3.8) is 0 Å². The Bertz CT molecular complexity index is 450. The fraction of sp³-hybridized carbons (Fsp3) is 0.222. The first-order valence-electron chi connectivity index (χ1n) is 3.92. The van der Waals surface area contributed by atoms with Crippen molar-refractivity contribution < 1.29 is 0 Å². The molecule has 1 aromatic carbocycles. The van der Waals surface area contributed by atoms with E-state index in [0.717, 1.165) is 21.3 Å². The number of fused-ring (bicyclic) bond motifs is 1. The molecule has 2 nitrogen and oxygen atoms in total. The Balaban J connectivity index is 2.76. The zero-order valence-corrected chi connectivity index (χ0v) is 9.41. The molecule has 0 spiro atoms. The Kier molecular flexibility index (Phi) is 2.30. The average molecular weight is 260 g/mol. The summed E-state index contributed by atoms with van der Waals surface area (Å²) in [6.45, 7) is 2.04. The van der Waals surface area contributed by atoms with E-state index in [1.807, 2.05) is 19.1 Å². The van der Waals surface area contributed by atoms with Crippen molar-refractivity contribution in [3.05, 3.63) is 28.0 Å². The molecule has 2 aromatic rings. The number of alkyl halides is 1. The monoisotopic (exact) mass is 258 g/mol. The van der Waals surface area contributed by atoms with Crippen LogP contribution in [0.1, 0.15) is 11.4 Å². The maximum Gasteiger partial charge on any atom is 0.122 e. The van der Waals surface area contributed by atoms with Gasteiger partial charge in [0.1, 0.15) is 11.3 Å². The molecule has 0 aliphatic heterocycles. The maximum atomic E-state index is 5.68. The van der Waals surface area contributed by atoms with E-state index >= 15 is 0 Å². The summed E-state index contributed by atoms with van der Waals surface area (Å²) in [7, 11) is 0. The predicted octanol–water partition coefficient (Wildman–Crippen LogP) is 3.37. The van der Waals surface area contributed by atoms with E-state index in [1.165, 1.54) is 5.56 Å². The molecule has 1 N–H and O–H groups in total. The molecule has 2 rings (SSSR count). The molecule has 0 amide bonds. The van der Waals surface area contributed by atoms with Crippen LogP contribution in [0.5, 0.6) is 0 Å². The smallest absolute Gasteiger partial charge is 0.122 e. The number of benzene rings is 1. The molecule has 4 heteroatoms. The van der Waals surface area contributed by atoms with Gasteiger partial charge in [-0.25, -0.2) is 4.98 Å². The summed E-state index contributed by atoms with van der Waals surface area (Å²) in [6, 6.07) is 4.06. The fourth-order valence-electron chi connectivity index (χ4n) is 1.26. The van der Waals surface area contributed by atoms with Gasteiger partial charge in [-0.1, -0.05) is 6.07 Å². The molecule has 0 aliphatic rings. The van der Waals surface area contributed by atoms with Crippen LogP contribution in [0.4, 0.5) is 0 Å². The standard InChI is InChI=1S/C9H8BrClN2/c1-5-2-3-6-9(8(5)10)13-7(4-11)12-6/h2-3H,4H2,1H3,(H,12,13). The van der Waals surface area contributed by atoms with Crippen molar-refractivity contribution >= 4 is 38.6 Å². The van der Waals surface area contributed by atoms with Crippen molar-refractivity contribution in [2.24, 2.45) is 0 Å². The van der Waals surface area contributed by atoms with Crippen LogP contribution in [-0.4, -0.2) is 9.97 Å². The molecule has 0 fully saturated rings. The van der Waals surface area contributed by atoms with Crippen molar-refractivity contribution in [1.29, 1.82) is 0 Å². The van der Waals surface area contributed by atoms with Gasteiger partial charge in [0.05, 0.1) is 11.4 Å². The van der Waals surface area contributed by atoms with Gasteiger partial charge in [0, 0.05) is 4.47 Å². The summed E-state index contributed by atoms with van der Waals surface area (Å²) in [5.74, 6) is 1.23. The normalized spacial score (nSPS) is 11.0. The predicted molar refractivity (Wildman–Crippen MR) is 58.1 cm³/mol. The molecule has 0 bridgehead atoms. The highest BCUT2D eigenvalue weighted by Crippen LogP contribution is 2.25. The lowest BCUT2D eigenvalue weighted by Gasteiger charge is -1.96. The first-order valence-corrected chi connectivity index (χ1v) is 5.25. The van der Waals surface area contributed by atoms with Gasteiger partial charge >= 0.3 is 0 Å². The first-order chi connectivity index (χ1) is 6.22. The number of aromatic amines is 1. The maximum absolute atomic E-state index is 5.68. The lowest BCUT2D eigenvalue weighted by Crippen LogP contribution is -1.78. The van der Waals surface area contributed by atoms with Crippen LogP contribution in [0, 0.1) is 6.92 Å². The van der Waals surface area contributed by atoms with Gasteiger partial charge in [0.25, 0.3) is 0 Å². The Labute approximate surface area is 89.4 Å². The number of halogens is 2. The van der Waals surface area contributed by atoms with Crippen molar-refractivity contribution in [2.75, 3.05) is 0 Å². The molecule has 0 atom stereocenters. The highest BCUT2D eigenvalue weighted by atomic mass is 79.9. The Hall–Kier alpha value is -0.540. The van der Waals surface area contributed by atoms with E-state index in [2.05, 4.69) is 25.9 Å². The number of nitrogens with zero attached hydrogens (tertiary/aromatic N) is 1. The van der Waals surface area contributed by atoms with Crippen LogP contribution in [-0.2, 0) is 5.88 Å². The zero-order chi connectivity index (χ0) is 9.42. The Morgan fingerprint density at radius 1 is 1.54 bits per heavy atom. The molecule has 0 unspecified atom stereocenters. The number of imidazole rings is 1. The van der Waals surface area contributed by atoms with Crippen molar-refractivity contribution in [3.8, 4) is 0 Å². The SMILES string of the molecule is Cc1ccc2[nH]c(CCl)nc2c1Br. The number of aryl methyl sites for hydroxylation is 1. The minimum absolute atomic E-state index is 0.417.